The second-order valence-corrected chi connectivity index (χ2v) is 7.64. The summed E-state index contributed by atoms with van der Waals surface area (Å²) >= 11 is 1.48. The Morgan fingerprint density at radius 1 is 0.933 bits per heavy atom. The lowest BCUT2D eigenvalue weighted by Crippen LogP contribution is -2.28. The van der Waals surface area contributed by atoms with E-state index in [2.05, 4.69) is 15.3 Å². The van der Waals surface area contributed by atoms with E-state index in [9.17, 15) is 9.59 Å². The first-order valence-corrected chi connectivity index (χ1v) is 10.4. The number of carbonyl (C=O) groups is 2. The zero-order chi connectivity index (χ0) is 20.9. The third kappa shape index (κ3) is 4.18. The van der Waals surface area contributed by atoms with Gasteiger partial charge in [-0.05, 0) is 25.1 Å². The van der Waals surface area contributed by atoms with Crippen LogP contribution in [0.5, 0.6) is 0 Å². The van der Waals surface area contributed by atoms with Crippen LogP contribution in [0.15, 0.2) is 84.5 Å². The highest BCUT2D eigenvalue weighted by Crippen LogP contribution is 2.25. The third-order valence-electron chi connectivity index (χ3n) is 4.65. The van der Waals surface area contributed by atoms with Crippen LogP contribution < -0.4 is 5.32 Å². The summed E-state index contributed by atoms with van der Waals surface area (Å²) in [5.41, 5.74) is 3.03. The molecule has 0 bridgehead atoms. The SMILES string of the molecule is CC(NC(=O)c1ccccc1C(=O)c1ccccc1)c1nc(-c2cccnc2)cs1. The minimum atomic E-state index is -0.305. The van der Waals surface area contributed by atoms with Gasteiger partial charge in [-0.2, -0.15) is 0 Å². The molecule has 2 aromatic carbocycles. The van der Waals surface area contributed by atoms with E-state index in [1.54, 1.807) is 60.9 Å². The van der Waals surface area contributed by atoms with Crippen LogP contribution in [-0.4, -0.2) is 21.7 Å². The fraction of sp³-hybridized carbons (Fsp3) is 0.0833. The number of nitrogens with zero attached hydrogens (tertiary/aromatic N) is 2. The summed E-state index contributed by atoms with van der Waals surface area (Å²) in [6.45, 7) is 1.88. The average molecular weight is 414 g/mol. The number of nitrogens with one attached hydrogen (secondary N) is 1. The lowest BCUT2D eigenvalue weighted by molar-refractivity contribution is 0.0929. The van der Waals surface area contributed by atoms with Gasteiger partial charge in [0, 0.05) is 34.5 Å². The number of pyridine rings is 1. The number of hydrogen-bond donors (Lipinski definition) is 1. The predicted molar refractivity (Wildman–Crippen MR) is 118 cm³/mol. The molecular weight excluding hydrogens is 394 g/mol. The molecule has 4 aromatic rings. The number of aromatic nitrogens is 2. The number of rotatable bonds is 6. The second kappa shape index (κ2) is 8.80. The summed E-state index contributed by atoms with van der Waals surface area (Å²) in [6.07, 6.45) is 3.47. The average Bonchev–Trinajstić information content (AvgIpc) is 3.30. The zero-order valence-electron chi connectivity index (χ0n) is 16.3. The van der Waals surface area contributed by atoms with Crippen molar-refractivity contribution >= 4 is 23.0 Å². The summed E-state index contributed by atoms with van der Waals surface area (Å²) in [7, 11) is 0. The van der Waals surface area contributed by atoms with Crippen LogP contribution in [0.4, 0.5) is 0 Å². The van der Waals surface area contributed by atoms with E-state index >= 15 is 0 Å². The summed E-state index contributed by atoms with van der Waals surface area (Å²) in [5, 5.41) is 5.70. The zero-order valence-corrected chi connectivity index (χ0v) is 17.1. The van der Waals surface area contributed by atoms with E-state index in [1.807, 2.05) is 30.5 Å². The molecule has 0 aliphatic carbocycles. The number of benzene rings is 2. The maximum Gasteiger partial charge on any atom is 0.252 e. The van der Waals surface area contributed by atoms with Gasteiger partial charge >= 0.3 is 0 Å². The summed E-state index contributed by atoms with van der Waals surface area (Å²) in [4.78, 5) is 34.6. The summed E-state index contributed by atoms with van der Waals surface area (Å²) in [5.74, 6) is -0.484. The Bertz CT molecular complexity index is 1170. The lowest BCUT2D eigenvalue weighted by Gasteiger charge is -2.13. The molecule has 1 atom stereocenters. The van der Waals surface area contributed by atoms with Crippen molar-refractivity contribution in [1.29, 1.82) is 0 Å². The molecule has 0 saturated heterocycles. The molecule has 0 saturated carbocycles. The highest BCUT2D eigenvalue weighted by molar-refractivity contribution is 7.10. The van der Waals surface area contributed by atoms with Gasteiger partial charge in [0.2, 0.25) is 0 Å². The molecule has 5 nitrogen and oxygen atoms in total. The fourth-order valence-corrected chi connectivity index (χ4v) is 3.93. The number of thiazole rings is 1. The largest absolute Gasteiger partial charge is 0.343 e. The topological polar surface area (TPSA) is 72.0 Å². The van der Waals surface area contributed by atoms with Gasteiger partial charge in [0.25, 0.3) is 5.91 Å². The van der Waals surface area contributed by atoms with E-state index in [0.29, 0.717) is 16.7 Å². The Balaban J connectivity index is 1.54. The van der Waals surface area contributed by atoms with Gasteiger partial charge < -0.3 is 5.32 Å². The van der Waals surface area contributed by atoms with Crippen molar-refractivity contribution in [3.05, 3.63) is 106 Å². The minimum absolute atomic E-state index is 0.179. The molecule has 1 amide bonds. The maximum absolute atomic E-state index is 13.0. The van der Waals surface area contributed by atoms with Crippen molar-refractivity contribution in [3.63, 3.8) is 0 Å². The van der Waals surface area contributed by atoms with Crippen molar-refractivity contribution in [3.8, 4) is 11.3 Å². The van der Waals surface area contributed by atoms with E-state index in [1.165, 1.54) is 11.3 Å². The number of carbonyl (C=O) groups excluding carboxylic acids is 2. The van der Waals surface area contributed by atoms with Crippen molar-refractivity contribution in [1.82, 2.24) is 15.3 Å². The summed E-state index contributed by atoms with van der Waals surface area (Å²) in [6, 6.07) is 19.3. The van der Waals surface area contributed by atoms with Gasteiger partial charge in [0.15, 0.2) is 5.78 Å². The Hall–Kier alpha value is -3.64. The van der Waals surface area contributed by atoms with Gasteiger partial charge in [0.05, 0.1) is 17.3 Å². The van der Waals surface area contributed by atoms with Crippen LogP contribution in [-0.2, 0) is 0 Å². The van der Waals surface area contributed by atoms with Crippen molar-refractivity contribution in [2.24, 2.45) is 0 Å². The smallest absolute Gasteiger partial charge is 0.252 e. The van der Waals surface area contributed by atoms with Crippen LogP contribution >= 0.6 is 11.3 Å². The minimum Gasteiger partial charge on any atom is -0.343 e. The van der Waals surface area contributed by atoms with Gasteiger partial charge in [-0.15, -0.1) is 11.3 Å². The molecule has 0 spiro atoms. The second-order valence-electron chi connectivity index (χ2n) is 6.75. The molecule has 2 heterocycles. The molecule has 0 radical (unpaired) electrons. The third-order valence-corrected chi connectivity index (χ3v) is 5.68. The maximum atomic E-state index is 13.0. The van der Waals surface area contributed by atoms with Crippen LogP contribution in [0, 0.1) is 0 Å². The van der Waals surface area contributed by atoms with Crippen LogP contribution in [0.2, 0.25) is 0 Å². The first kappa shape index (κ1) is 19.7. The highest BCUT2D eigenvalue weighted by atomic mass is 32.1. The first-order chi connectivity index (χ1) is 14.6. The number of ketones is 1. The number of hydrogen-bond acceptors (Lipinski definition) is 5. The Morgan fingerprint density at radius 2 is 1.67 bits per heavy atom. The van der Waals surface area contributed by atoms with Gasteiger partial charge in [-0.3, -0.25) is 14.6 Å². The predicted octanol–water partition coefficient (Wildman–Crippen LogP) is 4.93. The molecule has 6 heteroatoms. The molecule has 2 aromatic heterocycles. The quantitative estimate of drug-likeness (QED) is 0.455. The van der Waals surface area contributed by atoms with Crippen molar-refractivity contribution in [2.75, 3.05) is 0 Å². The fourth-order valence-electron chi connectivity index (χ4n) is 3.09. The molecule has 1 N–H and O–H groups in total. The molecule has 0 aliphatic rings. The highest BCUT2D eigenvalue weighted by Gasteiger charge is 2.20. The van der Waals surface area contributed by atoms with Crippen LogP contribution in [0.25, 0.3) is 11.3 Å². The van der Waals surface area contributed by atoms with Crippen molar-refractivity contribution in [2.45, 2.75) is 13.0 Å². The van der Waals surface area contributed by atoms with E-state index < -0.39 is 0 Å². The Labute approximate surface area is 178 Å². The van der Waals surface area contributed by atoms with E-state index in [4.69, 9.17) is 0 Å². The Morgan fingerprint density at radius 3 is 2.40 bits per heavy atom. The summed E-state index contributed by atoms with van der Waals surface area (Å²) < 4.78 is 0. The normalized spacial score (nSPS) is 11.6. The van der Waals surface area contributed by atoms with Gasteiger partial charge in [-0.1, -0.05) is 48.5 Å². The number of amides is 1. The standard InChI is InChI=1S/C24H19N3O2S/c1-16(24-27-21(15-30-24)18-10-7-13-25-14-18)26-23(29)20-12-6-5-11-19(20)22(28)17-8-3-2-4-9-17/h2-16H,1H3,(H,26,29). The van der Waals surface area contributed by atoms with Crippen LogP contribution in [0.1, 0.15) is 44.3 Å². The Kier molecular flexibility index (Phi) is 5.77. The van der Waals surface area contributed by atoms with Gasteiger partial charge in [-0.25, -0.2) is 4.98 Å². The molecular formula is C24H19N3O2S. The van der Waals surface area contributed by atoms with E-state index in [0.717, 1.165) is 16.3 Å². The van der Waals surface area contributed by atoms with Crippen molar-refractivity contribution < 1.29 is 9.59 Å². The first-order valence-electron chi connectivity index (χ1n) is 9.49. The van der Waals surface area contributed by atoms with E-state index in [-0.39, 0.29) is 17.7 Å². The molecule has 1 unspecified atom stereocenters. The molecule has 148 valence electrons. The molecule has 30 heavy (non-hydrogen) atoms. The molecule has 0 aliphatic heterocycles. The van der Waals surface area contributed by atoms with Crippen LogP contribution in [0.3, 0.4) is 0 Å². The lowest BCUT2D eigenvalue weighted by atomic mass is 9.98. The molecule has 4 rings (SSSR count). The molecule has 0 fully saturated rings. The van der Waals surface area contributed by atoms with Gasteiger partial charge in [0.1, 0.15) is 5.01 Å². The monoisotopic (exact) mass is 413 g/mol.